The molecule has 1 aromatic carbocycles. The third-order valence-electron chi connectivity index (χ3n) is 4.59. The molecule has 3 heterocycles. The van der Waals surface area contributed by atoms with Crippen molar-refractivity contribution in [2.24, 2.45) is 0 Å². The molecule has 1 amide bonds. The van der Waals surface area contributed by atoms with Crippen molar-refractivity contribution >= 4 is 28.8 Å². The first-order chi connectivity index (χ1) is 12.2. The molecule has 0 aliphatic carbocycles. The molecule has 0 bridgehead atoms. The number of aryl methyl sites for hydroxylation is 1. The highest BCUT2D eigenvalue weighted by Crippen LogP contribution is 2.38. The van der Waals surface area contributed by atoms with E-state index in [2.05, 4.69) is 16.6 Å². The molecule has 1 atom stereocenters. The smallest absolute Gasteiger partial charge is 0.260 e. The van der Waals surface area contributed by atoms with Gasteiger partial charge >= 0.3 is 0 Å². The number of hydrogen-bond donors (Lipinski definition) is 0. The van der Waals surface area contributed by atoms with Crippen LogP contribution >= 0.6 is 22.9 Å². The van der Waals surface area contributed by atoms with Gasteiger partial charge in [-0.25, -0.2) is 0 Å². The first-order valence-corrected chi connectivity index (χ1v) is 9.48. The molecule has 3 aromatic rings. The molecule has 1 saturated heterocycles. The number of halogens is 1. The second-order valence-electron chi connectivity index (χ2n) is 6.11. The zero-order valence-corrected chi connectivity index (χ0v) is 15.3. The number of likely N-dealkylation sites (tertiary alicyclic amines) is 1. The molecule has 0 saturated carbocycles. The van der Waals surface area contributed by atoms with Crippen molar-refractivity contribution in [3.05, 3.63) is 63.0 Å². The number of nitrogens with zero attached hydrogens (tertiary/aromatic N) is 2. The summed E-state index contributed by atoms with van der Waals surface area (Å²) in [4.78, 5) is 16.5. The maximum Gasteiger partial charge on any atom is 0.260 e. The van der Waals surface area contributed by atoms with Crippen LogP contribution in [0.3, 0.4) is 0 Å². The predicted molar refractivity (Wildman–Crippen MR) is 99.0 cm³/mol. The Kier molecular flexibility index (Phi) is 4.36. The van der Waals surface area contributed by atoms with Crippen LogP contribution in [0.5, 0.6) is 0 Å². The van der Waals surface area contributed by atoms with Crippen LogP contribution in [0.2, 0.25) is 5.02 Å². The Morgan fingerprint density at radius 3 is 2.92 bits per heavy atom. The summed E-state index contributed by atoms with van der Waals surface area (Å²) in [5.41, 5.74) is 1.75. The Labute approximate surface area is 155 Å². The summed E-state index contributed by atoms with van der Waals surface area (Å²) < 4.78 is 5.36. The molecule has 1 fully saturated rings. The highest BCUT2D eigenvalue weighted by molar-refractivity contribution is 7.10. The molecule has 0 N–H and O–H groups in total. The zero-order valence-electron chi connectivity index (χ0n) is 13.7. The Bertz CT molecular complexity index is 904. The molecule has 0 radical (unpaired) electrons. The third-order valence-corrected chi connectivity index (χ3v) is 5.89. The quantitative estimate of drug-likeness (QED) is 0.623. The first-order valence-electron chi connectivity index (χ1n) is 8.22. The van der Waals surface area contributed by atoms with Crippen LogP contribution < -0.4 is 0 Å². The van der Waals surface area contributed by atoms with E-state index < -0.39 is 0 Å². The standard InChI is InChI=1S/C19H17ClN2O2S/c1-12-17(18(21-24-12)13-6-2-3-7-14(13)20)19(23)22-10-4-8-15(22)16-9-5-11-25-16/h2-3,5-7,9,11,15H,4,8,10H2,1H3. The number of carbonyl (C=O) groups is 1. The fourth-order valence-electron chi connectivity index (χ4n) is 3.39. The molecule has 1 aliphatic heterocycles. The predicted octanol–water partition coefficient (Wildman–Crippen LogP) is 5.34. The lowest BCUT2D eigenvalue weighted by atomic mass is 10.0. The Morgan fingerprint density at radius 2 is 2.16 bits per heavy atom. The van der Waals surface area contributed by atoms with Crippen LogP contribution in [0.1, 0.15) is 39.9 Å². The topological polar surface area (TPSA) is 46.3 Å². The summed E-state index contributed by atoms with van der Waals surface area (Å²) in [5, 5.41) is 6.73. The fourth-order valence-corrected chi connectivity index (χ4v) is 4.49. The van der Waals surface area contributed by atoms with Gasteiger partial charge in [0.1, 0.15) is 17.0 Å². The van der Waals surface area contributed by atoms with Gasteiger partial charge in [-0.15, -0.1) is 11.3 Å². The van der Waals surface area contributed by atoms with E-state index >= 15 is 0 Å². The average molecular weight is 373 g/mol. The normalized spacial score (nSPS) is 17.2. The van der Waals surface area contributed by atoms with Gasteiger partial charge in [-0.1, -0.05) is 41.0 Å². The fraction of sp³-hybridized carbons (Fsp3) is 0.263. The number of aromatic nitrogens is 1. The molecule has 128 valence electrons. The summed E-state index contributed by atoms with van der Waals surface area (Å²) in [6.07, 6.45) is 1.98. The van der Waals surface area contributed by atoms with Crippen LogP contribution in [0, 0.1) is 6.92 Å². The lowest BCUT2D eigenvalue weighted by Gasteiger charge is -2.24. The third kappa shape index (κ3) is 2.87. The lowest BCUT2D eigenvalue weighted by Crippen LogP contribution is -2.30. The van der Waals surface area contributed by atoms with E-state index in [4.69, 9.17) is 16.1 Å². The van der Waals surface area contributed by atoms with E-state index in [-0.39, 0.29) is 11.9 Å². The molecular formula is C19H17ClN2O2S. The summed E-state index contributed by atoms with van der Waals surface area (Å²) in [5.74, 6) is 0.487. The number of hydrogen-bond acceptors (Lipinski definition) is 4. The van der Waals surface area contributed by atoms with Crippen molar-refractivity contribution in [2.45, 2.75) is 25.8 Å². The minimum Gasteiger partial charge on any atom is -0.360 e. The molecule has 6 heteroatoms. The van der Waals surface area contributed by atoms with Crippen LogP contribution in [-0.4, -0.2) is 22.5 Å². The second kappa shape index (κ2) is 6.65. The molecule has 4 nitrogen and oxygen atoms in total. The van der Waals surface area contributed by atoms with E-state index in [9.17, 15) is 4.79 Å². The molecular weight excluding hydrogens is 356 g/mol. The van der Waals surface area contributed by atoms with E-state index in [1.807, 2.05) is 29.2 Å². The zero-order chi connectivity index (χ0) is 17.4. The summed E-state index contributed by atoms with van der Waals surface area (Å²) in [6, 6.07) is 11.6. The van der Waals surface area contributed by atoms with E-state index in [1.165, 1.54) is 4.88 Å². The highest BCUT2D eigenvalue weighted by atomic mass is 35.5. The van der Waals surface area contributed by atoms with Gasteiger partial charge in [0.2, 0.25) is 0 Å². The van der Waals surface area contributed by atoms with Crippen molar-refractivity contribution < 1.29 is 9.32 Å². The summed E-state index contributed by atoms with van der Waals surface area (Å²) in [6.45, 7) is 2.52. The number of thiophene rings is 1. The van der Waals surface area contributed by atoms with Crippen molar-refractivity contribution in [3.8, 4) is 11.3 Å². The van der Waals surface area contributed by atoms with Crippen LogP contribution in [0.4, 0.5) is 0 Å². The number of amides is 1. The van der Waals surface area contributed by atoms with Gasteiger partial charge in [-0.3, -0.25) is 4.79 Å². The Balaban J connectivity index is 1.74. The highest BCUT2D eigenvalue weighted by Gasteiger charge is 2.35. The number of carbonyl (C=O) groups excluding carboxylic acids is 1. The minimum atomic E-state index is -0.0374. The maximum absolute atomic E-state index is 13.3. The van der Waals surface area contributed by atoms with Gasteiger partial charge in [0, 0.05) is 17.0 Å². The maximum atomic E-state index is 13.3. The monoisotopic (exact) mass is 372 g/mol. The summed E-state index contributed by atoms with van der Waals surface area (Å²) >= 11 is 8.00. The molecule has 4 rings (SSSR count). The van der Waals surface area contributed by atoms with Crippen LogP contribution in [0.15, 0.2) is 46.3 Å². The van der Waals surface area contributed by atoms with Crippen LogP contribution in [0.25, 0.3) is 11.3 Å². The molecule has 1 unspecified atom stereocenters. The van der Waals surface area contributed by atoms with Crippen LogP contribution in [-0.2, 0) is 0 Å². The van der Waals surface area contributed by atoms with Crippen molar-refractivity contribution in [1.29, 1.82) is 0 Å². The van der Waals surface area contributed by atoms with Crippen molar-refractivity contribution in [3.63, 3.8) is 0 Å². The van der Waals surface area contributed by atoms with E-state index in [1.54, 1.807) is 24.3 Å². The largest absolute Gasteiger partial charge is 0.360 e. The SMILES string of the molecule is Cc1onc(-c2ccccc2Cl)c1C(=O)N1CCCC1c1cccs1. The van der Waals surface area contributed by atoms with Gasteiger partial charge in [-0.2, -0.15) is 0 Å². The summed E-state index contributed by atoms with van der Waals surface area (Å²) in [7, 11) is 0. The first kappa shape index (κ1) is 16.4. The van der Waals surface area contributed by atoms with Gasteiger partial charge < -0.3 is 9.42 Å². The van der Waals surface area contributed by atoms with Gasteiger partial charge in [0.25, 0.3) is 5.91 Å². The van der Waals surface area contributed by atoms with Crippen molar-refractivity contribution in [1.82, 2.24) is 10.1 Å². The van der Waals surface area contributed by atoms with Gasteiger partial charge in [-0.05, 0) is 37.3 Å². The average Bonchev–Trinajstić information content (AvgIpc) is 3.35. The Morgan fingerprint density at radius 1 is 1.32 bits per heavy atom. The van der Waals surface area contributed by atoms with Crippen molar-refractivity contribution in [2.75, 3.05) is 6.54 Å². The lowest BCUT2D eigenvalue weighted by molar-refractivity contribution is 0.0737. The molecule has 1 aliphatic rings. The molecule has 0 spiro atoms. The van der Waals surface area contributed by atoms with Gasteiger partial charge in [0.05, 0.1) is 11.1 Å². The number of benzene rings is 1. The van der Waals surface area contributed by atoms with E-state index in [0.717, 1.165) is 24.9 Å². The number of rotatable bonds is 3. The van der Waals surface area contributed by atoms with Gasteiger partial charge in [0.15, 0.2) is 0 Å². The second-order valence-corrected chi connectivity index (χ2v) is 7.50. The van der Waals surface area contributed by atoms with E-state index in [0.29, 0.717) is 22.0 Å². The molecule has 25 heavy (non-hydrogen) atoms. The minimum absolute atomic E-state index is 0.0374. The Hall–Kier alpha value is -2.11. The molecule has 2 aromatic heterocycles.